The van der Waals surface area contributed by atoms with Crippen molar-refractivity contribution in [3.8, 4) is 5.75 Å². The number of amides is 1. The first-order valence-electron chi connectivity index (χ1n) is 11.7. The van der Waals surface area contributed by atoms with Crippen LogP contribution in [0.2, 0.25) is 0 Å². The van der Waals surface area contributed by atoms with Gasteiger partial charge in [-0.3, -0.25) is 14.6 Å². The number of piperidine rings is 1. The van der Waals surface area contributed by atoms with E-state index in [1.807, 2.05) is 12.1 Å². The summed E-state index contributed by atoms with van der Waals surface area (Å²) in [6, 6.07) is 16.8. The zero-order chi connectivity index (χ0) is 22.2. The van der Waals surface area contributed by atoms with Gasteiger partial charge in [-0.05, 0) is 54.8 Å². The highest BCUT2D eigenvalue weighted by atomic mass is 16.5. The van der Waals surface area contributed by atoms with E-state index in [0.29, 0.717) is 6.54 Å². The quantitative estimate of drug-likeness (QED) is 0.688. The van der Waals surface area contributed by atoms with Gasteiger partial charge < -0.3 is 14.8 Å². The van der Waals surface area contributed by atoms with Gasteiger partial charge in [0.2, 0.25) is 5.91 Å². The normalized spacial score (nSPS) is 18.4. The highest BCUT2D eigenvalue weighted by Gasteiger charge is 2.24. The largest absolute Gasteiger partial charge is 0.497 e. The molecular weight excluding hydrogens is 402 g/mol. The van der Waals surface area contributed by atoms with Crippen molar-refractivity contribution in [1.29, 1.82) is 0 Å². The van der Waals surface area contributed by atoms with Gasteiger partial charge in [-0.15, -0.1) is 0 Å². The van der Waals surface area contributed by atoms with E-state index in [1.165, 1.54) is 16.7 Å². The number of likely N-dealkylation sites (tertiary alicyclic amines) is 1. The van der Waals surface area contributed by atoms with E-state index in [4.69, 9.17) is 9.47 Å². The minimum atomic E-state index is 0.105. The van der Waals surface area contributed by atoms with Gasteiger partial charge in [0.15, 0.2) is 0 Å². The maximum Gasteiger partial charge on any atom is 0.223 e. The molecule has 2 aromatic rings. The van der Waals surface area contributed by atoms with Gasteiger partial charge in [0.1, 0.15) is 5.75 Å². The summed E-state index contributed by atoms with van der Waals surface area (Å²) in [5.74, 6) is 1.18. The summed E-state index contributed by atoms with van der Waals surface area (Å²) < 4.78 is 10.8. The second-order valence-corrected chi connectivity index (χ2v) is 8.83. The Hall–Kier alpha value is -2.41. The predicted octanol–water partition coefficient (Wildman–Crippen LogP) is 3.06. The lowest BCUT2D eigenvalue weighted by Gasteiger charge is -2.31. The number of rotatable bonds is 8. The van der Waals surface area contributed by atoms with Gasteiger partial charge >= 0.3 is 0 Å². The summed E-state index contributed by atoms with van der Waals surface area (Å²) >= 11 is 0. The molecule has 6 nitrogen and oxygen atoms in total. The molecule has 0 unspecified atom stereocenters. The maximum absolute atomic E-state index is 12.8. The first-order chi connectivity index (χ1) is 15.7. The van der Waals surface area contributed by atoms with Crippen LogP contribution < -0.4 is 10.1 Å². The molecule has 0 spiro atoms. The first-order valence-corrected chi connectivity index (χ1v) is 11.7. The molecule has 32 heavy (non-hydrogen) atoms. The van der Waals surface area contributed by atoms with Crippen molar-refractivity contribution < 1.29 is 14.3 Å². The number of hydrogen-bond acceptors (Lipinski definition) is 5. The van der Waals surface area contributed by atoms with Crippen LogP contribution in [0, 0.1) is 5.92 Å². The number of nitrogens with zero attached hydrogens (tertiary/aromatic N) is 2. The number of ether oxygens (including phenoxy) is 2. The third kappa shape index (κ3) is 6.55. The van der Waals surface area contributed by atoms with Crippen LogP contribution in [0.5, 0.6) is 5.75 Å². The van der Waals surface area contributed by atoms with Crippen molar-refractivity contribution in [3.05, 3.63) is 65.2 Å². The average Bonchev–Trinajstić information content (AvgIpc) is 2.84. The molecule has 2 heterocycles. The monoisotopic (exact) mass is 437 g/mol. The maximum atomic E-state index is 12.8. The van der Waals surface area contributed by atoms with Crippen molar-refractivity contribution in [3.63, 3.8) is 0 Å². The zero-order valence-corrected chi connectivity index (χ0v) is 19.1. The van der Waals surface area contributed by atoms with Crippen LogP contribution in [0.3, 0.4) is 0 Å². The molecular formula is C26H35N3O3. The molecule has 0 atom stereocenters. The standard InChI is InChI=1S/C26H35N3O3/c1-31-25-7-3-6-23(17-25)20-28-10-8-24(9-11-28)26(30)27-18-21-4-2-5-22(16-21)19-29-12-14-32-15-13-29/h2-7,16-17,24H,8-15,18-20H2,1H3,(H,27,30). The summed E-state index contributed by atoms with van der Waals surface area (Å²) in [6.07, 6.45) is 1.82. The topological polar surface area (TPSA) is 54.0 Å². The molecule has 4 rings (SSSR count). The molecule has 0 aromatic heterocycles. The molecule has 0 aliphatic carbocycles. The van der Waals surface area contributed by atoms with Crippen molar-refractivity contribution in [2.45, 2.75) is 32.5 Å². The molecule has 2 fully saturated rings. The second-order valence-electron chi connectivity index (χ2n) is 8.83. The molecule has 2 aliphatic heterocycles. The summed E-state index contributed by atoms with van der Waals surface area (Å²) in [7, 11) is 1.70. The van der Waals surface area contributed by atoms with Gasteiger partial charge in [0, 0.05) is 38.6 Å². The predicted molar refractivity (Wildman–Crippen MR) is 125 cm³/mol. The van der Waals surface area contributed by atoms with E-state index in [2.05, 4.69) is 51.5 Å². The Bertz CT molecular complexity index is 874. The summed E-state index contributed by atoms with van der Waals surface area (Å²) in [5.41, 5.74) is 3.72. The summed E-state index contributed by atoms with van der Waals surface area (Å²) in [6.45, 7) is 7.93. The van der Waals surface area contributed by atoms with Crippen LogP contribution in [0.25, 0.3) is 0 Å². The lowest BCUT2D eigenvalue weighted by atomic mass is 9.95. The van der Waals surface area contributed by atoms with E-state index >= 15 is 0 Å². The van der Waals surface area contributed by atoms with E-state index < -0.39 is 0 Å². The minimum absolute atomic E-state index is 0.105. The summed E-state index contributed by atoms with van der Waals surface area (Å²) in [5, 5.41) is 3.17. The van der Waals surface area contributed by atoms with Crippen LogP contribution in [0.15, 0.2) is 48.5 Å². The van der Waals surface area contributed by atoms with Crippen LogP contribution in [-0.2, 0) is 29.2 Å². The minimum Gasteiger partial charge on any atom is -0.497 e. The lowest BCUT2D eigenvalue weighted by Crippen LogP contribution is -2.40. The molecule has 0 saturated carbocycles. The molecule has 172 valence electrons. The molecule has 1 N–H and O–H groups in total. The fraction of sp³-hybridized carbons (Fsp3) is 0.500. The van der Waals surface area contributed by atoms with Crippen molar-refractivity contribution >= 4 is 5.91 Å². The van der Waals surface area contributed by atoms with Crippen molar-refractivity contribution in [1.82, 2.24) is 15.1 Å². The van der Waals surface area contributed by atoms with Gasteiger partial charge in [0.05, 0.1) is 20.3 Å². The van der Waals surface area contributed by atoms with Crippen LogP contribution >= 0.6 is 0 Å². The Kier molecular flexibility index (Phi) is 8.15. The molecule has 2 saturated heterocycles. The number of methoxy groups -OCH3 is 1. The smallest absolute Gasteiger partial charge is 0.223 e. The highest BCUT2D eigenvalue weighted by Crippen LogP contribution is 2.21. The highest BCUT2D eigenvalue weighted by molar-refractivity contribution is 5.78. The number of nitrogens with one attached hydrogen (secondary N) is 1. The fourth-order valence-corrected chi connectivity index (χ4v) is 4.57. The fourth-order valence-electron chi connectivity index (χ4n) is 4.57. The van der Waals surface area contributed by atoms with E-state index in [-0.39, 0.29) is 11.8 Å². The van der Waals surface area contributed by atoms with Gasteiger partial charge in [-0.25, -0.2) is 0 Å². The van der Waals surface area contributed by atoms with E-state index in [0.717, 1.165) is 71.1 Å². The van der Waals surface area contributed by atoms with E-state index in [1.54, 1.807) is 7.11 Å². The van der Waals surface area contributed by atoms with Crippen LogP contribution in [0.1, 0.15) is 29.5 Å². The Morgan fingerprint density at radius 1 is 0.938 bits per heavy atom. The van der Waals surface area contributed by atoms with Crippen molar-refractivity contribution in [2.24, 2.45) is 5.92 Å². The number of carbonyl (C=O) groups excluding carboxylic acids is 1. The number of morpholine rings is 1. The molecule has 6 heteroatoms. The number of hydrogen-bond donors (Lipinski definition) is 1. The molecule has 2 aromatic carbocycles. The Labute approximate surface area is 191 Å². The Balaban J connectivity index is 1.21. The third-order valence-corrected chi connectivity index (χ3v) is 6.47. The van der Waals surface area contributed by atoms with Gasteiger partial charge in [-0.1, -0.05) is 36.4 Å². The second kappa shape index (κ2) is 11.5. The van der Waals surface area contributed by atoms with E-state index in [9.17, 15) is 4.79 Å². The summed E-state index contributed by atoms with van der Waals surface area (Å²) in [4.78, 5) is 17.6. The van der Waals surface area contributed by atoms with Gasteiger partial charge in [-0.2, -0.15) is 0 Å². The lowest BCUT2D eigenvalue weighted by molar-refractivity contribution is -0.126. The SMILES string of the molecule is COc1cccc(CN2CCC(C(=O)NCc3cccc(CN4CCOCC4)c3)CC2)c1. The Morgan fingerprint density at radius 2 is 1.56 bits per heavy atom. The first kappa shape index (κ1) is 22.8. The van der Waals surface area contributed by atoms with Crippen molar-refractivity contribution in [2.75, 3.05) is 46.5 Å². The van der Waals surface area contributed by atoms with Crippen LogP contribution in [-0.4, -0.2) is 62.2 Å². The third-order valence-electron chi connectivity index (χ3n) is 6.47. The molecule has 0 radical (unpaired) electrons. The van der Waals surface area contributed by atoms with Crippen LogP contribution in [0.4, 0.5) is 0 Å². The average molecular weight is 438 g/mol. The molecule has 2 aliphatic rings. The molecule has 0 bridgehead atoms. The van der Waals surface area contributed by atoms with Gasteiger partial charge in [0.25, 0.3) is 0 Å². The number of benzene rings is 2. The Morgan fingerprint density at radius 3 is 2.28 bits per heavy atom. The molecule has 1 amide bonds. The number of carbonyl (C=O) groups is 1. The zero-order valence-electron chi connectivity index (χ0n) is 19.1.